The van der Waals surface area contributed by atoms with E-state index < -0.39 is 18.3 Å². The Labute approximate surface area is 135 Å². The first-order valence-electron chi connectivity index (χ1n) is 7.61. The van der Waals surface area contributed by atoms with Gasteiger partial charge >= 0.3 is 0 Å². The Morgan fingerprint density at radius 1 is 1.09 bits per heavy atom. The Balaban J connectivity index is 2.01. The summed E-state index contributed by atoms with van der Waals surface area (Å²) in [6.07, 6.45) is -2.05. The zero-order valence-electron chi connectivity index (χ0n) is 13.6. The Hall–Kier alpha value is -1.66. The third kappa shape index (κ3) is 2.93. The summed E-state index contributed by atoms with van der Waals surface area (Å²) in [4.78, 5) is 0. The van der Waals surface area contributed by atoms with Crippen molar-refractivity contribution in [3.63, 3.8) is 0 Å². The predicted molar refractivity (Wildman–Crippen MR) is 86.8 cm³/mol. The van der Waals surface area contributed by atoms with Gasteiger partial charge in [0.15, 0.2) is 0 Å². The summed E-state index contributed by atoms with van der Waals surface area (Å²) < 4.78 is 22.1. The zero-order valence-corrected chi connectivity index (χ0v) is 13.6. The predicted octanol–water partition coefficient (Wildman–Crippen LogP) is 2.31. The van der Waals surface area contributed by atoms with E-state index in [2.05, 4.69) is 0 Å². The molecule has 0 amide bonds. The molecule has 0 spiro atoms. The summed E-state index contributed by atoms with van der Waals surface area (Å²) in [6, 6.07) is 12.0. The van der Waals surface area contributed by atoms with Crippen LogP contribution in [0.15, 0.2) is 36.4 Å². The lowest BCUT2D eigenvalue weighted by atomic mass is 9.97. The highest BCUT2D eigenvalue weighted by molar-refractivity contribution is 5.85. The maximum Gasteiger partial charge on any atom is 0.125 e. The first kappa shape index (κ1) is 16.2. The highest BCUT2D eigenvalue weighted by Crippen LogP contribution is 2.40. The molecule has 23 heavy (non-hydrogen) atoms. The van der Waals surface area contributed by atoms with Gasteiger partial charge in [0.25, 0.3) is 0 Å². The molecule has 5 nitrogen and oxygen atoms in total. The maximum atomic E-state index is 10.6. The normalized spacial score (nSPS) is 27.5. The average molecular weight is 318 g/mol. The van der Waals surface area contributed by atoms with Gasteiger partial charge in [0.2, 0.25) is 0 Å². The number of hydrogen-bond donors (Lipinski definition) is 1. The lowest BCUT2D eigenvalue weighted by molar-refractivity contribution is -0.0461. The molecule has 0 radical (unpaired) electrons. The van der Waals surface area contributed by atoms with E-state index in [0.29, 0.717) is 12.4 Å². The number of rotatable bonds is 5. The molecule has 2 aromatic rings. The molecule has 124 valence electrons. The minimum absolute atomic E-state index is 0.318. The average Bonchev–Trinajstić information content (AvgIpc) is 2.89. The molecule has 1 N–H and O–H groups in total. The first-order valence-corrected chi connectivity index (χ1v) is 7.61. The van der Waals surface area contributed by atoms with Crippen molar-refractivity contribution < 1.29 is 24.1 Å². The van der Waals surface area contributed by atoms with E-state index in [1.165, 1.54) is 0 Å². The molecule has 4 atom stereocenters. The van der Waals surface area contributed by atoms with Gasteiger partial charge in [-0.2, -0.15) is 0 Å². The van der Waals surface area contributed by atoms with Crippen LogP contribution in [0.3, 0.4) is 0 Å². The van der Waals surface area contributed by atoms with E-state index in [1.54, 1.807) is 21.3 Å². The number of hydrogen-bond acceptors (Lipinski definition) is 5. The van der Waals surface area contributed by atoms with Gasteiger partial charge in [0.05, 0.1) is 13.7 Å². The van der Waals surface area contributed by atoms with Crippen molar-refractivity contribution in [2.75, 3.05) is 27.9 Å². The van der Waals surface area contributed by atoms with Gasteiger partial charge in [-0.25, -0.2) is 0 Å². The topological polar surface area (TPSA) is 57.2 Å². The second-order valence-corrected chi connectivity index (χ2v) is 5.68. The number of ether oxygens (including phenoxy) is 4. The quantitative estimate of drug-likeness (QED) is 0.917. The smallest absolute Gasteiger partial charge is 0.125 e. The molecule has 1 aliphatic rings. The molecular formula is C18H22O5. The van der Waals surface area contributed by atoms with Gasteiger partial charge in [-0.05, 0) is 22.9 Å². The SMILES string of the molecule is COCC1O[C@@H](c2cc3ccccc3cc2OC)C(O)C1OC. The van der Waals surface area contributed by atoms with Crippen LogP contribution >= 0.6 is 0 Å². The second-order valence-electron chi connectivity index (χ2n) is 5.68. The summed E-state index contributed by atoms with van der Waals surface area (Å²) in [7, 11) is 4.79. The van der Waals surface area contributed by atoms with Crippen LogP contribution in [-0.4, -0.2) is 51.4 Å². The standard InChI is InChI=1S/C18H22O5/c1-20-10-15-18(22-3)16(19)17(23-15)13-8-11-6-4-5-7-12(11)9-14(13)21-2/h4-9,15-19H,10H2,1-3H3/t15?,16?,17-,18?/m0/s1. The monoisotopic (exact) mass is 318 g/mol. The van der Waals surface area contributed by atoms with Gasteiger partial charge in [0, 0.05) is 19.8 Å². The Bertz CT molecular complexity index is 672. The van der Waals surface area contributed by atoms with Crippen LogP contribution in [0.4, 0.5) is 0 Å². The van der Waals surface area contributed by atoms with Crippen molar-refractivity contribution in [1.82, 2.24) is 0 Å². The number of aliphatic hydroxyl groups is 1. The molecule has 0 bridgehead atoms. The summed E-state index contributed by atoms with van der Waals surface area (Å²) in [6.45, 7) is 0.363. The van der Waals surface area contributed by atoms with E-state index in [0.717, 1.165) is 16.3 Å². The molecule has 5 heteroatoms. The Kier molecular flexibility index (Phi) is 4.82. The molecule has 0 saturated carbocycles. The van der Waals surface area contributed by atoms with Crippen LogP contribution in [0.2, 0.25) is 0 Å². The van der Waals surface area contributed by atoms with Crippen molar-refractivity contribution in [3.05, 3.63) is 42.0 Å². The summed E-state index contributed by atoms with van der Waals surface area (Å²) in [5.74, 6) is 0.695. The molecule has 1 saturated heterocycles. The lowest BCUT2D eigenvalue weighted by Gasteiger charge is -2.19. The highest BCUT2D eigenvalue weighted by atomic mass is 16.6. The van der Waals surface area contributed by atoms with Gasteiger partial charge in [0.1, 0.15) is 30.2 Å². The second kappa shape index (κ2) is 6.84. The zero-order chi connectivity index (χ0) is 16.4. The van der Waals surface area contributed by atoms with Crippen LogP contribution in [0.1, 0.15) is 11.7 Å². The van der Waals surface area contributed by atoms with Gasteiger partial charge in [-0.15, -0.1) is 0 Å². The molecule has 3 rings (SSSR count). The number of aliphatic hydroxyl groups excluding tert-OH is 1. The summed E-state index contributed by atoms with van der Waals surface area (Å²) in [5, 5.41) is 12.8. The fourth-order valence-corrected chi connectivity index (χ4v) is 3.22. The Morgan fingerprint density at radius 3 is 2.39 bits per heavy atom. The molecule has 0 aromatic heterocycles. The fourth-order valence-electron chi connectivity index (χ4n) is 3.22. The van der Waals surface area contributed by atoms with Crippen LogP contribution in [0, 0.1) is 0 Å². The maximum absolute atomic E-state index is 10.6. The van der Waals surface area contributed by atoms with Crippen molar-refractivity contribution in [2.24, 2.45) is 0 Å². The number of methoxy groups -OCH3 is 3. The minimum Gasteiger partial charge on any atom is -0.496 e. The van der Waals surface area contributed by atoms with E-state index >= 15 is 0 Å². The van der Waals surface area contributed by atoms with Crippen molar-refractivity contribution in [2.45, 2.75) is 24.4 Å². The van der Waals surface area contributed by atoms with Crippen molar-refractivity contribution in [3.8, 4) is 5.75 Å². The fraction of sp³-hybridized carbons (Fsp3) is 0.444. The van der Waals surface area contributed by atoms with Gasteiger partial charge in [-0.3, -0.25) is 0 Å². The molecule has 1 aliphatic heterocycles. The van der Waals surface area contributed by atoms with Crippen molar-refractivity contribution in [1.29, 1.82) is 0 Å². The van der Waals surface area contributed by atoms with E-state index in [4.69, 9.17) is 18.9 Å². The minimum atomic E-state index is -0.782. The largest absolute Gasteiger partial charge is 0.496 e. The van der Waals surface area contributed by atoms with Crippen LogP contribution in [0.25, 0.3) is 10.8 Å². The van der Waals surface area contributed by atoms with Gasteiger partial charge < -0.3 is 24.1 Å². The molecular weight excluding hydrogens is 296 g/mol. The summed E-state index contributed by atoms with van der Waals surface area (Å²) >= 11 is 0. The molecule has 2 aromatic carbocycles. The van der Waals surface area contributed by atoms with Crippen molar-refractivity contribution >= 4 is 10.8 Å². The highest BCUT2D eigenvalue weighted by Gasteiger charge is 2.45. The number of fused-ring (bicyclic) bond motifs is 1. The molecule has 1 fully saturated rings. The molecule has 3 unspecified atom stereocenters. The number of benzene rings is 2. The third-order valence-electron chi connectivity index (χ3n) is 4.34. The van der Waals surface area contributed by atoms with Crippen LogP contribution < -0.4 is 4.74 Å². The van der Waals surface area contributed by atoms with E-state index in [9.17, 15) is 5.11 Å². The van der Waals surface area contributed by atoms with E-state index in [-0.39, 0.29) is 6.10 Å². The molecule has 1 heterocycles. The first-order chi connectivity index (χ1) is 11.2. The van der Waals surface area contributed by atoms with Crippen LogP contribution in [-0.2, 0) is 14.2 Å². The third-order valence-corrected chi connectivity index (χ3v) is 4.34. The summed E-state index contributed by atoms with van der Waals surface area (Å²) in [5.41, 5.74) is 0.819. The van der Waals surface area contributed by atoms with Gasteiger partial charge in [-0.1, -0.05) is 24.3 Å². The Morgan fingerprint density at radius 2 is 1.78 bits per heavy atom. The lowest BCUT2D eigenvalue weighted by Crippen LogP contribution is -2.35. The molecule has 0 aliphatic carbocycles. The van der Waals surface area contributed by atoms with E-state index in [1.807, 2.05) is 36.4 Å². The van der Waals surface area contributed by atoms with Crippen LogP contribution in [0.5, 0.6) is 5.75 Å².